The highest BCUT2D eigenvalue weighted by Gasteiger charge is 2.25. The topological polar surface area (TPSA) is 54.3 Å². The lowest BCUT2D eigenvalue weighted by atomic mass is 10.1. The molecule has 3 rings (SSSR count). The van der Waals surface area contributed by atoms with E-state index >= 15 is 0 Å². The number of rotatable bonds is 6. The first-order chi connectivity index (χ1) is 12.5. The number of halogens is 1. The van der Waals surface area contributed by atoms with Crippen molar-refractivity contribution in [3.63, 3.8) is 0 Å². The number of hydrogen-bond donors (Lipinski definition) is 1. The first-order valence-electron chi connectivity index (χ1n) is 9.08. The quantitative estimate of drug-likeness (QED) is 0.746. The van der Waals surface area contributed by atoms with E-state index in [1.54, 1.807) is 24.3 Å². The molecule has 2 aromatic rings. The smallest absolute Gasteiger partial charge is 0.240 e. The summed E-state index contributed by atoms with van der Waals surface area (Å²) in [6.45, 7) is 2.39. The fraction of sp³-hybridized carbons (Fsp3) is 0.474. The number of aromatic nitrogens is 1. The van der Waals surface area contributed by atoms with Crippen LogP contribution in [0.25, 0.3) is 0 Å². The lowest BCUT2D eigenvalue weighted by Crippen LogP contribution is -2.39. The second kappa shape index (κ2) is 8.69. The third-order valence-corrected chi connectivity index (χ3v) is 6.97. The van der Waals surface area contributed by atoms with Crippen LogP contribution in [0.2, 0.25) is 0 Å². The van der Waals surface area contributed by atoms with Crippen molar-refractivity contribution < 1.29 is 8.42 Å². The maximum absolute atomic E-state index is 12.7. The summed E-state index contributed by atoms with van der Waals surface area (Å²) < 4.78 is 31.2. The van der Waals surface area contributed by atoms with Crippen LogP contribution < -0.4 is 4.72 Å². The molecule has 26 heavy (non-hydrogen) atoms. The Morgan fingerprint density at radius 1 is 1.08 bits per heavy atom. The largest absolute Gasteiger partial charge is 0.353 e. The molecule has 1 saturated heterocycles. The predicted molar refractivity (Wildman–Crippen MR) is 108 cm³/mol. The predicted octanol–water partition coefficient (Wildman–Crippen LogP) is 3.68. The highest BCUT2D eigenvalue weighted by molar-refractivity contribution is 9.10. The van der Waals surface area contributed by atoms with E-state index in [0.29, 0.717) is 11.4 Å². The van der Waals surface area contributed by atoms with E-state index in [-0.39, 0.29) is 6.04 Å². The van der Waals surface area contributed by atoms with Gasteiger partial charge >= 0.3 is 0 Å². The minimum atomic E-state index is -3.53. The summed E-state index contributed by atoms with van der Waals surface area (Å²) in [5, 5.41) is 0. The van der Waals surface area contributed by atoms with Crippen molar-refractivity contribution in [2.45, 2.75) is 36.6 Å². The third kappa shape index (κ3) is 4.76. The Hall–Kier alpha value is -1.15. The van der Waals surface area contributed by atoms with Gasteiger partial charge in [-0.15, -0.1) is 0 Å². The van der Waals surface area contributed by atoms with Gasteiger partial charge in [0.1, 0.15) is 0 Å². The average molecular weight is 440 g/mol. The number of benzene rings is 1. The molecular weight excluding hydrogens is 414 g/mol. The number of likely N-dealkylation sites (tertiary alicyclic amines) is 1. The molecule has 2 heterocycles. The number of aryl methyl sites for hydroxylation is 1. The van der Waals surface area contributed by atoms with Crippen LogP contribution in [0.3, 0.4) is 0 Å². The van der Waals surface area contributed by atoms with Gasteiger partial charge in [-0.3, -0.25) is 4.90 Å². The van der Waals surface area contributed by atoms with E-state index in [9.17, 15) is 8.42 Å². The summed E-state index contributed by atoms with van der Waals surface area (Å²) in [6.07, 6.45) is 6.85. The molecular formula is C19H26BrN3O2S. The van der Waals surface area contributed by atoms with Crippen LogP contribution in [0.15, 0.2) is 52.0 Å². The van der Waals surface area contributed by atoms with Gasteiger partial charge < -0.3 is 4.57 Å². The Morgan fingerprint density at radius 2 is 1.73 bits per heavy atom. The first kappa shape index (κ1) is 19.6. The van der Waals surface area contributed by atoms with Gasteiger partial charge in [0.2, 0.25) is 10.0 Å². The molecule has 1 aromatic heterocycles. The summed E-state index contributed by atoms with van der Waals surface area (Å²) in [7, 11) is -1.51. The van der Waals surface area contributed by atoms with E-state index in [1.165, 1.54) is 25.7 Å². The van der Waals surface area contributed by atoms with Crippen LogP contribution in [-0.4, -0.2) is 37.5 Å². The minimum absolute atomic E-state index is 0.0401. The number of hydrogen-bond acceptors (Lipinski definition) is 3. The van der Waals surface area contributed by atoms with Crippen LogP contribution in [0.4, 0.5) is 0 Å². The molecule has 1 unspecified atom stereocenters. The van der Waals surface area contributed by atoms with E-state index in [2.05, 4.69) is 36.2 Å². The van der Waals surface area contributed by atoms with Crippen LogP contribution in [0.1, 0.15) is 37.4 Å². The molecule has 0 radical (unpaired) electrons. The second-order valence-corrected chi connectivity index (χ2v) is 9.50. The fourth-order valence-electron chi connectivity index (χ4n) is 3.53. The van der Waals surface area contributed by atoms with Crippen molar-refractivity contribution in [2.75, 3.05) is 19.6 Å². The molecule has 0 saturated carbocycles. The van der Waals surface area contributed by atoms with E-state index in [1.807, 2.05) is 19.3 Å². The van der Waals surface area contributed by atoms with Crippen molar-refractivity contribution in [1.82, 2.24) is 14.2 Å². The van der Waals surface area contributed by atoms with Gasteiger partial charge in [0.05, 0.1) is 10.9 Å². The van der Waals surface area contributed by atoms with Gasteiger partial charge in [0, 0.05) is 30.0 Å². The molecule has 1 atom stereocenters. The van der Waals surface area contributed by atoms with Gasteiger partial charge in [-0.25, -0.2) is 13.1 Å². The summed E-state index contributed by atoms with van der Waals surface area (Å²) in [5.41, 5.74) is 1.14. The fourth-order valence-corrected chi connectivity index (χ4v) is 4.84. The molecule has 7 heteroatoms. The zero-order chi connectivity index (χ0) is 18.6. The maximum Gasteiger partial charge on any atom is 0.240 e. The molecule has 1 aliphatic rings. The standard InChI is InChI=1S/C19H26BrN3O2S/c1-22-12-6-7-18(22)19(23-13-4-2-3-5-14-23)15-21-26(24,25)17-10-8-16(20)9-11-17/h6-12,19,21H,2-5,13-15H2,1H3. The first-order valence-corrected chi connectivity index (χ1v) is 11.4. The normalized spacial score (nSPS) is 17.8. The molecule has 5 nitrogen and oxygen atoms in total. The van der Waals surface area contributed by atoms with Crippen molar-refractivity contribution in [1.29, 1.82) is 0 Å². The van der Waals surface area contributed by atoms with Crippen LogP contribution in [-0.2, 0) is 17.1 Å². The highest BCUT2D eigenvalue weighted by Crippen LogP contribution is 2.25. The monoisotopic (exact) mass is 439 g/mol. The van der Waals surface area contributed by atoms with E-state index < -0.39 is 10.0 Å². The van der Waals surface area contributed by atoms with Gasteiger partial charge in [-0.1, -0.05) is 28.8 Å². The third-order valence-electron chi connectivity index (χ3n) is 5.00. The summed E-state index contributed by atoms with van der Waals surface area (Å²) in [5.74, 6) is 0. The Kier molecular flexibility index (Phi) is 6.55. The number of nitrogens with zero attached hydrogens (tertiary/aromatic N) is 2. The molecule has 1 aliphatic heterocycles. The molecule has 0 aliphatic carbocycles. The lowest BCUT2D eigenvalue weighted by Gasteiger charge is -2.31. The van der Waals surface area contributed by atoms with Crippen LogP contribution in [0, 0.1) is 0 Å². The molecule has 142 valence electrons. The lowest BCUT2D eigenvalue weighted by molar-refractivity contribution is 0.199. The molecule has 1 N–H and O–H groups in total. The Labute approximate surface area is 164 Å². The van der Waals surface area contributed by atoms with Crippen molar-refractivity contribution in [3.05, 3.63) is 52.8 Å². The molecule has 0 spiro atoms. The molecule has 1 aromatic carbocycles. The Balaban J connectivity index is 1.79. The van der Waals surface area contributed by atoms with Gasteiger partial charge in [0.25, 0.3) is 0 Å². The van der Waals surface area contributed by atoms with E-state index in [4.69, 9.17) is 0 Å². The maximum atomic E-state index is 12.7. The molecule has 0 amide bonds. The zero-order valence-electron chi connectivity index (χ0n) is 15.1. The number of nitrogens with one attached hydrogen (secondary N) is 1. The number of sulfonamides is 1. The Morgan fingerprint density at radius 3 is 2.31 bits per heavy atom. The SMILES string of the molecule is Cn1cccc1C(CNS(=O)(=O)c1ccc(Br)cc1)N1CCCCCC1. The second-order valence-electron chi connectivity index (χ2n) is 6.82. The van der Waals surface area contributed by atoms with Crippen LogP contribution >= 0.6 is 15.9 Å². The summed E-state index contributed by atoms with van der Waals surface area (Å²) >= 11 is 3.34. The van der Waals surface area contributed by atoms with Crippen LogP contribution in [0.5, 0.6) is 0 Å². The van der Waals surface area contributed by atoms with Gasteiger partial charge in [-0.05, 0) is 62.3 Å². The Bertz CT molecular complexity index is 810. The summed E-state index contributed by atoms with van der Waals surface area (Å²) in [6, 6.07) is 10.9. The average Bonchev–Trinajstić information content (AvgIpc) is 2.86. The van der Waals surface area contributed by atoms with E-state index in [0.717, 1.165) is 23.3 Å². The molecule has 1 fully saturated rings. The summed E-state index contributed by atoms with van der Waals surface area (Å²) in [4.78, 5) is 2.72. The van der Waals surface area contributed by atoms with Gasteiger partial charge in [-0.2, -0.15) is 0 Å². The zero-order valence-corrected chi connectivity index (χ0v) is 17.5. The minimum Gasteiger partial charge on any atom is -0.353 e. The highest BCUT2D eigenvalue weighted by atomic mass is 79.9. The van der Waals surface area contributed by atoms with Crippen molar-refractivity contribution in [3.8, 4) is 0 Å². The van der Waals surface area contributed by atoms with Gasteiger partial charge in [0.15, 0.2) is 0 Å². The van der Waals surface area contributed by atoms with Crippen molar-refractivity contribution >= 4 is 26.0 Å². The molecule has 0 bridgehead atoms. The van der Waals surface area contributed by atoms with Crippen molar-refractivity contribution in [2.24, 2.45) is 7.05 Å².